The van der Waals surface area contributed by atoms with Crippen molar-refractivity contribution >= 4 is 63.3 Å². The van der Waals surface area contributed by atoms with E-state index in [2.05, 4.69) is 25.7 Å². The minimum Gasteiger partial charge on any atom is -0.392 e. The van der Waals surface area contributed by atoms with E-state index in [1.54, 1.807) is 23.0 Å². The topological polar surface area (TPSA) is 35.5 Å². The number of carbonyl (C=O) groups is 1. The molecule has 1 aliphatic heterocycles. The molecule has 0 bridgehead atoms. The van der Waals surface area contributed by atoms with Gasteiger partial charge in [-0.2, -0.15) is 0 Å². The number of hydrogen-bond donors (Lipinski definition) is 0. The zero-order valence-electron chi connectivity index (χ0n) is 4.75. The van der Waals surface area contributed by atoms with E-state index in [4.69, 9.17) is 4.74 Å². The van der Waals surface area contributed by atoms with Gasteiger partial charge in [0.25, 0.3) is 0 Å². The van der Waals surface area contributed by atoms with Gasteiger partial charge in [0, 0.05) is 5.75 Å². The van der Waals surface area contributed by atoms with Crippen LogP contribution in [0.2, 0.25) is 0 Å². The lowest BCUT2D eigenvalue weighted by atomic mass is 10.7. The molecule has 0 aromatic rings. The quantitative estimate of drug-likeness (QED) is 0.508. The molecule has 0 aliphatic carbocycles. The Labute approximate surface area is 90.4 Å². The third-order valence-corrected chi connectivity index (χ3v) is 3.79. The maximum Gasteiger partial charge on any atom is 0.355 e. The van der Waals surface area contributed by atoms with E-state index in [1.807, 2.05) is 0 Å². The summed E-state index contributed by atoms with van der Waals surface area (Å²) in [6, 6.07) is 0. The van der Waals surface area contributed by atoms with Crippen LogP contribution >= 0.6 is 57.4 Å². The van der Waals surface area contributed by atoms with E-state index in [0.717, 1.165) is 5.75 Å². The summed E-state index contributed by atoms with van der Waals surface area (Å²) in [5.74, 6) is 0.557. The molecule has 0 radical (unpaired) electrons. The predicted molar refractivity (Wildman–Crippen MR) is 55.3 cm³/mol. The highest BCUT2D eigenvalue weighted by atomic mass is 127. The van der Waals surface area contributed by atoms with Crippen molar-refractivity contribution in [3.63, 3.8) is 0 Å². The van der Waals surface area contributed by atoms with Crippen molar-refractivity contribution in [1.82, 2.24) is 0 Å². The number of halogens is 2. The SMILES string of the molecule is O=C(OI)C1OC(I)CS1. The van der Waals surface area contributed by atoms with Crippen LogP contribution in [-0.2, 0) is 12.6 Å². The Morgan fingerprint density at radius 3 is 2.90 bits per heavy atom. The third-order valence-electron chi connectivity index (χ3n) is 0.918. The summed E-state index contributed by atoms with van der Waals surface area (Å²) >= 11 is 5.18. The lowest BCUT2D eigenvalue weighted by Gasteiger charge is -2.03. The first kappa shape index (κ1) is 9.33. The molecule has 3 nitrogen and oxygen atoms in total. The van der Waals surface area contributed by atoms with Crippen LogP contribution < -0.4 is 0 Å². The summed E-state index contributed by atoms with van der Waals surface area (Å²) < 4.78 is 9.79. The van der Waals surface area contributed by atoms with Crippen molar-refractivity contribution in [1.29, 1.82) is 0 Å². The molecule has 2 atom stereocenters. The molecule has 1 fully saturated rings. The second-order valence-electron chi connectivity index (χ2n) is 1.61. The van der Waals surface area contributed by atoms with Crippen LogP contribution in [0.25, 0.3) is 0 Å². The minimum absolute atomic E-state index is 0.142. The van der Waals surface area contributed by atoms with Gasteiger partial charge in [-0.3, -0.25) is 0 Å². The van der Waals surface area contributed by atoms with E-state index in [1.165, 1.54) is 11.8 Å². The number of carbonyl (C=O) groups excluding carboxylic acids is 1. The number of alkyl halides is 1. The number of rotatable bonds is 1. The molecule has 1 heterocycles. The fourth-order valence-electron chi connectivity index (χ4n) is 0.536. The fourth-order valence-corrected chi connectivity index (χ4v) is 2.86. The van der Waals surface area contributed by atoms with Gasteiger partial charge in [0.2, 0.25) is 5.44 Å². The molecular formula is C4H4I2O3S. The summed E-state index contributed by atoms with van der Waals surface area (Å²) in [4.78, 5) is 10.8. The van der Waals surface area contributed by atoms with Gasteiger partial charge in [0.1, 0.15) is 4.11 Å². The van der Waals surface area contributed by atoms with Crippen LogP contribution in [0.4, 0.5) is 0 Å². The summed E-state index contributed by atoms with van der Waals surface area (Å²) in [5, 5.41) is 0. The highest BCUT2D eigenvalue weighted by Crippen LogP contribution is 2.29. The maximum absolute atomic E-state index is 10.8. The van der Waals surface area contributed by atoms with E-state index in [9.17, 15) is 4.79 Å². The Morgan fingerprint density at radius 1 is 1.80 bits per heavy atom. The molecule has 10 heavy (non-hydrogen) atoms. The Hall–Kier alpha value is 1.24. The molecule has 1 aliphatic rings. The summed E-state index contributed by atoms with van der Waals surface area (Å²) in [7, 11) is 0. The zero-order chi connectivity index (χ0) is 7.56. The average Bonchev–Trinajstić information content (AvgIpc) is 2.34. The molecule has 1 saturated heterocycles. The van der Waals surface area contributed by atoms with Gasteiger partial charge in [-0.15, -0.1) is 11.8 Å². The van der Waals surface area contributed by atoms with Crippen molar-refractivity contribution in [2.45, 2.75) is 9.55 Å². The van der Waals surface area contributed by atoms with E-state index in [-0.39, 0.29) is 10.1 Å². The number of ether oxygens (including phenoxy) is 1. The van der Waals surface area contributed by atoms with Crippen molar-refractivity contribution in [2.75, 3.05) is 5.75 Å². The first-order valence-electron chi connectivity index (χ1n) is 2.47. The van der Waals surface area contributed by atoms with Gasteiger partial charge in [-0.25, -0.2) is 4.79 Å². The number of thioether (sulfide) groups is 1. The van der Waals surface area contributed by atoms with Crippen LogP contribution in [0, 0.1) is 0 Å². The lowest BCUT2D eigenvalue weighted by Crippen LogP contribution is -2.17. The first-order chi connectivity index (χ1) is 4.74. The molecular weight excluding hydrogens is 382 g/mol. The highest BCUT2D eigenvalue weighted by molar-refractivity contribution is 14.1. The van der Waals surface area contributed by atoms with Crippen LogP contribution in [-0.4, -0.2) is 21.3 Å². The maximum atomic E-state index is 10.8. The van der Waals surface area contributed by atoms with Crippen molar-refractivity contribution in [3.05, 3.63) is 0 Å². The normalized spacial score (nSPS) is 32.2. The van der Waals surface area contributed by atoms with Gasteiger partial charge in [0.05, 0.1) is 0 Å². The fraction of sp³-hybridized carbons (Fsp3) is 0.750. The van der Waals surface area contributed by atoms with Crippen LogP contribution in [0.5, 0.6) is 0 Å². The van der Waals surface area contributed by atoms with Crippen LogP contribution in [0.1, 0.15) is 0 Å². The molecule has 0 spiro atoms. The van der Waals surface area contributed by atoms with Gasteiger partial charge < -0.3 is 7.80 Å². The highest BCUT2D eigenvalue weighted by Gasteiger charge is 2.30. The summed E-state index contributed by atoms with van der Waals surface area (Å²) in [6.07, 6.45) is 0. The number of hydrogen-bond acceptors (Lipinski definition) is 4. The Morgan fingerprint density at radius 2 is 2.50 bits per heavy atom. The molecule has 0 aromatic carbocycles. The predicted octanol–water partition coefficient (Wildman–Crippen LogP) is 1.73. The van der Waals surface area contributed by atoms with Gasteiger partial charge >= 0.3 is 5.97 Å². The van der Waals surface area contributed by atoms with Crippen LogP contribution in [0.15, 0.2) is 0 Å². The van der Waals surface area contributed by atoms with Gasteiger partial charge in [0.15, 0.2) is 23.0 Å². The van der Waals surface area contributed by atoms with Gasteiger partial charge in [-0.1, -0.05) is 22.6 Å². The second-order valence-corrected chi connectivity index (χ2v) is 4.53. The molecule has 0 aromatic heterocycles. The Balaban J connectivity index is 2.37. The molecule has 0 N–H and O–H groups in total. The molecule has 58 valence electrons. The molecule has 1 rings (SSSR count). The smallest absolute Gasteiger partial charge is 0.355 e. The summed E-state index contributed by atoms with van der Waals surface area (Å²) in [5.41, 5.74) is -0.404. The van der Waals surface area contributed by atoms with Crippen molar-refractivity contribution in [2.24, 2.45) is 0 Å². The summed E-state index contributed by atoms with van der Waals surface area (Å²) in [6.45, 7) is 0. The lowest BCUT2D eigenvalue weighted by molar-refractivity contribution is -0.137. The molecule has 0 amide bonds. The van der Waals surface area contributed by atoms with Crippen molar-refractivity contribution in [3.8, 4) is 0 Å². The largest absolute Gasteiger partial charge is 0.392 e. The van der Waals surface area contributed by atoms with E-state index >= 15 is 0 Å². The van der Waals surface area contributed by atoms with Crippen LogP contribution in [0.3, 0.4) is 0 Å². The first-order valence-corrected chi connectivity index (χ1v) is 5.65. The minimum atomic E-state index is -0.404. The van der Waals surface area contributed by atoms with Crippen molar-refractivity contribution < 1.29 is 12.6 Å². The third kappa shape index (κ3) is 2.38. The average molecular weight is 386 g/mol. The second kappa shape index (κ2) is 4.31. The van der Waals surface area contributed by atoms with E-state index in [0.29, 0.717) is 0 Å². The standard InChI is InChI=1S/C4H4I2O3S/c5-2-1-10-4(8-2)3(7)9-6/h2,4H,1H2. The zero-order valence-corrected chi connectivity index (χ0v) is 9.88. The Kier molecular flexibility index (Phi) is 4.02. The molecule has 0 saturated carbocycles. The monoisotopic (exact) mass is 386 g/mol. The Bertz CT molecular complexity index is 142. The van der Waals surface area contributed by atoms with E-state index < -0.39 is 5.44 Å². The molecule has 2 unspecified atom stereocenters. The molecule has 6 heteroatoms. The van der Waals surface area contributed by atoms with Gasteiger partial charge in [-0.05, 0) is 0 Å².